The average molecular weight is 1390 g/mol. The number of hydrogen-bond donors (Lipinski definition) is 11. The van der Waals surface area contributed by atoms with E-state index >= 15 is 28.8 Å². The number of piperidine rings is 1. The van der Waals surface area contributed by atoms with Crippen molar-refractivity contribution in [1.29, 1.82) is 0 Å². The maximum absolute atomic E-state index is 15.8. The van der Waals surface area contributed by atoms with Crippen LogP contribution in [0.15, 0.2) is 146 Å². The van der Waals surface area contributed by atoms with Gasteiger partial charge in [-0.15, -0.1) is 0 Å². The lowest BCUT2D eigenvalue weighted by atomic mass is 9.89. The number of carbonyl (C=O) groups excluding carboxylic acids is 8. The highest BCUT2D eigenvalue weighted by molar-refractivity contribution is 5.99. The summed E-state index contributed by atoms with van der Waals surface area (Å²) in [6.07, 6.45) is 0.738. The highest BCUT2D eigenvalue weighted by atomic mass is 16.6. The summed E-state index contributed by atoms with van der Waals surface area (Å²) < 4.78 is 12.0. The molecule has 0 bridgehead atoms. The zero-order chi connectivity index (χ0) is 71.8. The zero-order valence-electron chi connectivity index (χ0n) is 57.3. The van der Waals surface area contributed by atoms with Gasteiger partial charge in [0.25, 0.3) is 0 Å². The Hall–Kier alpha value is -10.2. The van der Waals surface area contributed by atoms with E-state index < -0.39 is 102 Å². The van der Waals surface area contributed by atoms with E-state index in [0.29, 0.717) is 80.2 Å². The largest absolute Gasteiger partial charge is 0.489 e. The number of carboxylic acids is 2. The molecule has 3 fully saturated rings. The van der Waals surface area contributed by atoms with Gasteiger partial charge in [0.1, 0.15) is 54.7 Å². The van der Waals surface area contributed by atoms with Gasteiger partial charge in [0.05, 0.1) is 26.2 Å². The van der Waals surface area contributed by atoms with Crippen molar-refractivity contribution in [3.63, 3.8) is 0 Å². The second-order valence-electron chi connectivity index (χ2n) is 26.1. The summed E-state index contributed by atoms with van der Waals surface area (Å²) in [5, 5.41) is 43.1. The number of aromatic amines is 1. The van der Waals surface area contributed by atoms with E-state index in [9.17, 15) is 24.3 Å². The predicted molar refractivity (Wildman–Crippen MR) is 376 cm³/mol. The van der Waals surface area contributed by atoms with Crippen LogP contribution in [0.25, 0.3) is 10.9 Å². The molecule has 3 aliphatic rings. The molecule has 0 radical (unpaired) electrons. The normalized spacial score (nSPS) is 20.7. The second kappa shape index (κ2) is 37.3. The summed E-state index contributed by atoms with van der Waals surface area (Å²) in [6, 6.07) is 33.1. The van der Waals surface area contributed by atoms with Crippen molar-refractivity contribution in [2.45, 2.75) is 107 Å². The first kappa shape index (κ1) is 75.0. The van der Waals surface area contributed by atoms with Gasteiger partial charge >= 0.3 is 18.0 Å². The Bertz CT molecular complexity index is 3770. The van der Waals surface area contributed by atoms with E-state index in [0.717, 1.165) is 16.5 Å². The quantitative estimate of drug-likeness (QED) is 0.0301. The van der Waals surface area contributed by atoms with E-state index in [-0.39, 0.29) is 89.9 Å². The number of H-pyrrole nitrogens is 1. The van der Waals surface area contributed by atoms with E-state index in [2.05, 4.69) is 47.5 Å². The van der Waals surface area contributed by atoms with Crippen molar-refractivity contribution in [2.75, 3.05) is 92.1 Å². The number of likely N-dealkylation sites (N-methyl/N-ethyl adjacent to an activating group) is 2. The predicted octanol–water partition coefficient (Wildman–Crippen LogP) is 3.07. The number of carboxylic acid groups (broad SMARTS) is 2. The van der Waals surface area contributed by atoms with Crippen LogP contribution in [-0.4, -0.2) is 223 Å². The van der Waals surface area contributed by atoms with Crippen molar-refractivity contribution in [1.82, 2.24) is 67.1 Å². The summed E-state index contributed by atoms with van der Waals surface area (Å²) in [5.74, 6) is -7.22. The van der Waals surface area contributed by atoms with Gasteiger partial charge in [-0.05, 0) is 97.9 Å². The van der Waals surface area contributed by atoms with Gasteiger partial charge in [0.2, 0.25) is 41.4 Å². The topological polar surface area (TPSA) is 355 Å². The maximum Gasteiger partial charge on any atom is 0.407 e. The van der Waals surface area contributed by atoms with Gasteiger partial charge < -0.3 is 72.1 Å². The SMILES string of the molecule is CCN(CCN(CCN(C)CC(=O)O)CC(=O)O)CC(=O)NCCNC(=O)O[C@@H]1C[C@H]2C(=O)N[C@H](c3ccccc3)C(=O)N[C@H]([C@@H](C)c3c[nH]c4ccccc34)C(=O)N[C@@H](CC3CCNCC3)C(=O)N[C@@H](Cc3ccc(OCc4ccccc4)cc3)C(=O)N[C@@H](Cc3ccccc3)C(=O)N2C1. The van der Waals surface area contributed by atoms with Crippen molar-refractivity contribution >= 4 is 70.3 Å². The number of fused-ring (bicyclic) bond motifs is 2. The third kappa shape index (κ3) is 22.4. The number of aromatic nitrogens is 1. The number of hydrogen-bond acceptors (Lipinski definition) is 16. The van der Waals surface area contributed by atoms with Gasteiger partial charge in [-0.25, -0.2) is 4.79 Å². The molecular formula is C74H93N13O14. The van der Waals surface area contributed by atoms with Crippen LogP contribution >= 0.6 is 0 Å². The van der Waals surface area contributed by atoms with E-state index in [4.69, 9.17) is 14.6 Å². The van der Waals surface area contributed by atoms with Crippen LogP contribution in [0.4, 0.5) is 4.79 Å². The fraction of sp³-hybridized carbons (Fsp3) is 0.432. The molecule has 27 nitrogen and oxygen atoms in total. The van der Waals surface area contributed by atoms with E-state index in [1.54, 1.807) is 115 Å². The number of aliphatic carboxylic acids is 2. The Labute approximate surface area is 587 Å². The third-order valence-electron chi connectivity index (χ3n) is 18.6. The van der Waals surface area contributed by atoms with Crippen molar-refractivity contribution in [3.05, 3.63) is 174 Å². The summed E-state index contributed by atoms with van der Waals surface area (Å²) in [7, 11) is 1.62. The number of nitrogens with zero attached hydrogens (tertiary/aromatic N) is 4. The number of benzene rings is 5. The Morgan fingerprint density at radius 1 is 0.614 bits per heavy atom. The van der Waals surface area contributed by atoms with Crippen molar-refractivity contribution in [3.8, 4) is 5.75 Å². The minimum atomic E-state index is -1.50. The zero-order valence-corrected chi connectivity index (χ0v) is 57.3. The Balaban J connectivity index is 1.000. The lowest BCUT2D eigenvalue weighted by Crippen LogP contribution is -2.61. The molecule has 3 saturated heterocycles. The van der Waals surface area contributed by atoms with Crippen LogP contribution in [0, 0.1) is 5.92 Å². The maximum atomic E-state index is 15.8. The Kier molecular flexibility index (Phi) is 27.7. The summed E-state index contributed by atoms with van der Waals surface area (Å²) in [6.45, 7) is 5.89. The van der Waals surface area contributed by atoms with Crippen LogP contribution in [0.5, 0.6) is 5.75 Å². The van der Waals surface area contributed by atoms with E-state index in [1.807, 2.05) is 66.4 Å². The molecule has 1 aromatic heterocycles. The lowest BCUT2D eigenvalue weighted by Gasteiger charge is -2.33. The number of ether oxygens (including phenoxy) is 2. The standard InChI is InChI=1S/C74H93N13O14/c1-4-85(36-37-86(46-65(91)92)35-34-84(3)45-64(89)90)44-63(88)76-32-33-77-74(99)101-55-41-62-70(95)83-67(53-20-12-7-13-21-53)72(97)82-66(48(2)57-42-78-58-23-15-14-22-56(57)58)71(96)80-60(39-51-28-30-75-31-29-51)68(93)79-59(38-50-24-26-54(27-25-50)100-47-52-18-10-6-11-19-52)69(94)81-61(73(98)87(62)43-55)40-49-16-8-5-9-17-49/h5-27,42,48,51,55,59-62,66-67,75,78H,4,28-41,43-47H2,1-3H3,(H,76,88)(H,77,99)(H,79,93)(H,80,96)(H,81,94)(H,82,97)(H,83,95)(H,89,90)(H,91,92)/t48-,55+,59-,60-,61-,62-,66+,67+/m0/s1. The smallest absolute Gasteiger partial charge is 0.407 e. The molecule has 5 aromatic carbocycles. The molecule has 0 saturated carbocycles. The number of amides is 8. The van der Waals surface area contributed by atoms with Gasteiger partial charge in [-0.3, -0.25) is 57.9 Å². The number of para-hydroxylation sites is 1. The van der Waals surface area contributed by atoms with Crippen molar-refractivity contribution < 1.29 is 67.6 Å². The molecule has 538 valence electrons. The van der Waals surface area contributed by atoms with Crippen LogP contribution in [0.3, 0.4) is 0 Å². The molecule has 27 heteroatoms. The summed E-state index contributed by atoms with van der Waals surface area (Å²) in [5.41, 5.74) is 3.96. The van der Waals surface area contributed by atoms with Crippen molar-refractivity contribution in [2.24, 2.45) is 5.92 Å². The average Bonchev–Trinajstić information content (AvgIpc) is 1.71. The van der Waals surface area contributed by atoms with Gasteiger partial charge in [-0.1, -0.05) is 135 Å². The van der Waals surface area contributed by atoms with Crippen LogP contribution < -0.4 is 47.3 Å². The number of nitrogens with one attached hydrogen (secondary N) is 9. The van der Waals surface area contributed by atoms with Crippen LogP contribution in [0.1, 0.15) is 79.3 Å². The molecule has 11 N–H and O–H groups in total. The monoisotopic (exact) mass is 1390 g/mol. The molecule has 0 unspecified atom stereocenters. The minimum Gasteiger partial charge on any atom is -0.489 e. The fourth-order valence-corrected chi connectivity index (χ4v) is 13.0. The molecule has 8 amide bonds. The third-order valence-corrected chi connectivity index (χ3v) is 18.6. The molecule has 0 spiro atoms. The number of rotatable bonds is 29. The molecule has 6 aromatic rings. The molecule has 0 aliphatic carbocycles. The fourth-order valence-electron chi connectivity index (χ4n) is 13.0. The lowest BCUT2D eigenvalue weighted by molar-refractivity contribution is -0.143. The van der Waals surface area contributed by atoms with Gasteiger partial charge in [0, 0.05) is 81.5 Å². The minimum absolute atomic E-state index is 0.0332. The first-order valence-corrected chi connectivity index (χ1v) is 34.5. The van der Waals surface area contributed by atoms with Crippen LogP contribution in [-0.2, 0) is 67.3 Å². The summed E-state index contributed by atoms with van der Waals surface area (Å²) in [4.78, 5) is 152. The number of carbonyl (C=O) groups is 10. The Morgan fingerprint density at radius 2 is 1.21 bits per heavy atom. The molecular weight excluding hydrogens is 1290 g/mol. The first-order chi connectivity index (χ1) is 48.8. The molecule has 101 heavy (non-hydrogen) atoms. The molecule has 8 atom stereocenters. The van der Waals surface area contributed by atoms with Gasteiger partial charge in [0.15, 0.2) is 0 Å². The molecule has 9 rings (SSSR count). The van der Waals surface area contributed by atoms with E-state index in [1.165, 1.54) is 4.90 Å². The highest BCUT2D eigenvalue weighted by Crippen LogP contribution is 2.31. The number of alkyl carbamates (subject to hydrolysis) is 1. The van der Waals surface area contributed by atoms with Crippen LogP contribution in [0.2, 0.25) is 0 Å². The summed E-state index contributed by atoms with van der Waals surface area (Å²) >= 11 is 0. The highest BCUT2D eigenvalue weighted by Gasteiger charge is 2.46. The Morgan fingerprint density at radius 3 is 1.90 bits per heavy atom. The van der Waals surface area contributed by atoms with Gasteiger partial charge in [-0.2, -0.15) is 0 Å². The molecule has 4 heterocycles. The second-order valence-corrected chi connectivity index (χ2v) is 26.1. The molecule has 3 aliphatic heterocycles. The first-order valence-electron chi connectivity index (χ1n) is 34.5.